The molecule has 1 amide bonds. The predicted molar refractivity (Wildman–Crippen MR) is 98.0 cm³/mol. The number of rotatable bonds is 3. The number of carbonyl (C=O) groups excluding carboxylic acids is 1. The maximum absolute atomic E-state index is 12.7. The standard InChI is InChI=1S/C18H18ClN5O/c19-16-13-5-1-2-6-14(13)23-17(16)18(25)22-12-4-3-9-24(11-12)15-10-20-7-8-21-15/h1-2,5-8,10,12,23H,3-4,9,11H2,(H,22,25). The summed E-state index contributed by atoms with van der Waals surface area (Å²) in [6.45, 7) is 1.63. The Kier molecular flexibility index (Phi) is 4.28. The minimum Gasteiger partial charge on any atom is -0.353 e. The van der Waals surface area contributed by atoms with Crippen molar-refractivity contribution >= 4 is 34.2 Å². The van der Waals surface area contributed by atoms with E-state index in [1.165, 1.54) is 0 Å². The molecule has 1 aromatic carbocycles. The molecule has 2 N–H and O–H groups in total. The quantitative estimate of drug-likeness (QED) is 0.757. The van der Waals surface area contributed by atoms with Crippen LogP contribution in [0.1, 0.15) is 23.3 Å². The van der Waals surface area contributed by atoms with Gasteiger partial charge in [0.15, 0.2) is 0 Å². The van der Waals surface area contributed by atoms with E-state index < -0.39 is 0 Å². The summed E-state index contributed by atoms with van der Waals surface area (Å²) < 4.78 is 0. The van der Waals surface area contributed by atoms with Gasteiger partial charge in [-0.3, -0.25) is 9.78 Å². The monoisotopic (exact) mass is 355 g/mol. The van der Waals surface area contributed by atoms with Crippen LogP contribution < -0.4 is 10.2 Å². The zero-order chi connectivity index (χ0) is 17.2. The number of carbonyl (C=O) groups is 1. The number of hydrogen-bond acceptors (Lipinski definition) is 4. The molecule has 0 bridgehead atoms. The fourth-order valence-electron chi connectivity index (χ4n) is 3.28. The zero-order valence-electron chi connectivity index (χ0n) is 13.6. The Hall–Kier alpha value is -2.60. The molecule has 3 aromatic rings. The Morgan fingerprint density at radius 1 is 1.32 bits per heavy atom. The minimum atomic E-state index is -0.174. The number of aromatic nitrogens is 3. The van der Waals surface area contributed by atoms with Crippen molar-refractivity contribution in [3.8, 4) is 0 Å². The molecule has 1 unspecified atom stereocenters. The third-order valence-electron chi connectivity index (χ3n) is 4.50. The molecule has 1 saturated heterocycles. The van der Waals surface area contributed by atoms with Crippen LogP contribution in [0.4, 0.5) is 5.82 Å². The molecule has 0 spiro atoms. The van der Waals surface area contributed by atoms with E-state index in [4.69, 9.17) is 11.6 Å². The highest BCUT2D eigenvalue weighted by Gasteiger charge is 2.24. The zero-order valence-corrected chi connectivity index (χ0v) is 14.3. The van der Waals surface area contributed by atoms with Crippen molar-refractivity contribution in [2.45, 2.75) is 18.9 Å². The summed E-state index contributed by atoms with van der Waals surface area (Å²) in [7, 11) is 0. The lowest BCUT2D eigenvalue weighted by Crippen LogP contribution is -2.48. The summed E-state index contributed by atoms with van der Waals surface area (Å²) >= 11 is 6.37. The highest BCUT2D eigenvalue weighted by Crippen LogP contribution is 2.27. The van der Waals surface area contributed by atoms with E-state index >= 15 is 0 Å². The number of benzene rings is 1. The lowest BCUT2D eigenvalue weighted by molar-refractivity contribution is 0.0929. The Balaban J connectivity index is 1.49. The SMILES string of the molecule is O=C(NC1CCCN(c2cnccn2)C1)c1[nH]c2ccccc2c1Cl. The molecule has 1 aliphatic rings. The van der Waals surface area contributed by atoms with Gasteiger partial charge >= 0.3 is 0 Å². The maximum Gasteiger partial charge on any atom is 0.269 e. The number of aromatic amines is 1. The molecule has 7 heteroatoms. The highest BCUT2D eigenvalue weighted by atomic mass is 35.5. The van der Waals surface area contributed by atoms with Crippen LogP contribution in [0.15, 0.2) is 42.9 Å². The van der Waals surface area contributed by atoms with Gasteiger partial charge in [0.05, 0.1) is 11.2 Å². The average Bonchev–Trinajstić information content (AvgIpc) is 3.00. The Labute approximate surface area is 150 Å². The van der Waals surface area contributed by atoms with Crippen molar-refractivity contribution in [2.24, 2.45) is 0 Å². The maximum atomic E-state index is 12.7. The molecule has 1 atom stereocenters. The summed E-state index contributed by atoms with van der Waals surface area (Å²) in [5.41, 5.74) is 1.28. The van der Waals surface area contributed by atoms with Gasteiger partial charge in [-0.1, -0.05) is 29.8 Å². The smallest absolute Gasteiger partial charge is 0.269 e. The number of anilines is 1. The van der Waals surface area contributed by atoms with Crippen LogP contribution in [0, 0.1) is 0 Å². The highest BCUT2D eigenvalue weighted by molar-refractivity contribution is 6.38. The number of H-pyrrole nitrogens is 1. The summed E-state index contributed by atoms with van der Waals surface area (Å²) in [4.78, 5) is 26.4. The molecule has 0 aliphatic carbocycles. The van der Waals surface area contributed by atoms with E-state index in [0.717, 1.165) is 36.1 Å². The van der Waals surface area contributed by atoms with Crippen LogP contribution in [0.25, 0.3) is 10.9 Å². The lowest BCUT2D eigenvalue weighted by atomic mass is 10.1. The van der Waals surface area contributed by atoms with Gasteiger partial charge in [-0.2, -0.15) is 0 Å². The largest absolute Gasteiger partial charge is 0.353 e. The summed E-state index contributed by atoms with van der Waals surface area (Å²) in [6, 6.07) is 7.68. The third-order valence-corrected chi connectivity index (χ3v) is 4.89. The van der Waals surface area contributed by atoms with Gasteiger partial charge in [0.2, 0.25) is 0 Å². The average molecular weight is 356 g/mol. The van der Waals surface area contributed by atoms with E-state index in [1.54, 1.807) is 18.6 Å². The molecule has 25 heavy (non-hydrogen) atoms. The van der Waals surface area contributed by atoms with Gasteiger partial charge in [0, 0.05) is 42.4 Å². The minimum absolute atomic E-state index is 0.0470. The molecule has 0 saturated carbocycles. The van der Waals surface area contributed by atoms with Crippen LogP contribution in [0.3, 0.4) is 0 Å². The van der Waals surface area contributed by atoms with Crippen LogP contribution >= 0.6 is 11.6 Å². The number of fused-ring (bicyclic) bond motifs is 1. The van der Waals surface area contributed by atoms with E-state index in [0.29, 0.717) is 17.3 Å². The first-order chi connectivity index (χ1) is 12.2. The van der Waals surface area contributed by atoms with Crippen LogP contribution in [0.5, 0.6) is 0 Å². The molecule has 2 aromatic heterocycles. The van der Waals surface area contributed by atoms with Crippen LogP contribution in [-0.2, 0) is 0 Å². The van der Waals surface area contributed by atoms with E-state index in [2.05, 4.69) is 25.2 Å². The second-order valence-corrected chi connectivity index (χ2v) is 6.56. The van der Waals surface area contributed by atoms with E-state index in [-0.39, 0.29) is 11.9 Å². The van der Waals surface area contributed by atoms with Crippen molar-refractivity contribution in [1.82, 2.24) is 20.3 Å². The van der Waals surface area contributed by atoms with E-state index in [1.807, 2.05) is 24.3 Å². The molecule has 4 rings (SSSR count). The van der Waals surface area contributed by atoms with E-state index in [9.17, 15) is 4.79 Å². The molecular formula is C18H18ClN5O. The van der Waals surface area contributed by atoms with Gasteiger partial charge < -0.3 is 15.2 Å². The van der Waals surface area contributed by atoms with Gasteiger partial charge in [-0.25, -0.2) is 4.98 Å². The number of piperidine rings is 1. The van der Waals surface area contributed by atoms with Crippen molar-refractivity contribution in [2.75, 3.05) is 18.0 Å². The first-order valence-corrected chi connectivity index (χ1v) is 8.68. The lowest BCUT2D eigenvalue weighted by Gasteiger charge is -2.33. The number of para-hydroxylation sites is 1. The van der Waals surface area contributed by atoms with Crippen LogP contribution in [-0.4, -0.2) is 40.0 Å². The number of halogens is 1. The van der Waals surface area contributed by atoms with Gasteiger partial charge in [-0.15, -0.1) is 0 Å². The van der Waals surface area contributed by atoms with Gasteiger partial charge in [0.25, 0.3) is 5.91 Å². The Morgan fingerprint density at radius 2 is 2.20 bits per heavy atom. The second-order valence-electron chi connectivity index (χ2n) is 6.18. The normalized spacial score (nSPS) is 17.6. The van der Waals surface area contributed by atoms with Crippen molar-refractivity contribution in [1.29, 1.82) is 0 Å². The number of amides is 1. The topological polar surface area (TPSA) is 73.9 Å². The summed E-state index contributed by atoms with van der Waals surface area (Å²) in [6.07, 6.45) is 7.01. The molecule has 1 aliphatic heterocycles. The fraction of sp³-hybridized carbons (Fsp3) is 0.278. The van der Waals surface area contributed by atoms with Crippen molar-refractivity contribution < 1.29 is 4.79 Å². The molecule has 128 valence electrons. The Morgan fingerprint density at radius 3 is 3.00 bits per heavy atom. The number of hydrogen-bond donors (Lipinski definition) is 2. The van der Waals surface area contributed by atoms with Crippen molar-refractivity contribution in [3.63, 3.8) is 0 Å². The molecule has 3 heterocycles. The fourth-order valence-corrected chi connectivity index (χ4v) is 3.58. The summed E-state index contributed by atoms with van der Waals surface area (Å²) in [5.74, 6) is 0.664. The molecular weight excluding hydrogens is 338 g/mol. The second kappa shape index (κ2) is 6.72. The first kappa shape index (κ1) is 15.9. The van der Waals surface area contributed by atoms with Crippen LogP contribution in [0.2, 0.25) is 5.02 Å². The van der Waals surface area contributed by atoms with Crippen molar-refractivity contribution in [3.05, 3.63) is 53.6 Å². The molecule has 6 nitrogen and oxygen atoms in total. The van der Waals surface area contributed by atoms with Gasteiger partial charge in [-0.05, 0) is 18.9 Å². The molecule has 1 fully saturated rings. The number of nitrogens with zero attached hydrogens (tertiary/aromatic N) is 3. The third kappa shape index (κ3) is 3.17. The Bertz CT molecular complexity index is 895. The summed E-state index contributed by atoms with van der Waals surface area (Å²) in [5, 5.41) is 4.42. The first-order valence-electron chi connectivity index (χ1n) is 8.30. The van der Waals surface area contributed by atoms with Gasteiger partial charge in [0.1, 0.15) is 11.5 Å². The molecule has 0 radical (unpaired) electrons. The predicted octanol–water partition coefficient (Wildman–Crippen LogP) is 3.01. The number of nitrogens with one attached hydrogen (secondary N) is 2.